The van der Waals surface area contributed by atoms with Crippen LogP contribution in [0.3, 0.4) is 0 Å². The second-order valence-electron chi connectivity index (χ2n) is 8.03. The van der Waals surface area contributed by atoms with Crippen LogP contribution in [0.25, 0.3) is 5.69 Å². The minimum atomic E-state index is -0.906. The van der Waals surface area contributed by atoms with E-state index in [4.69, 9.17) is 11.6 Å². The van der Waals surface area contributed by atoms with Crippen molar-refractivity contribution in [1.82, 2.24) is 14.5 Å². The summed E-state index contributed by atoms with van der Waals surface area (Å²) in [5.74, 6) is -0.399. The van der Waals surface area contributed by atoms with Gasteiger partial charge in [0.2, 0.25) is 0 Å². The van der Waals surface area contributed by atoms with Crippen molar-refractivity contribution in [2.24, 2.45) is 0 Å². The number of carbonyl (C=O) groups excluding carboxylic acids is 2. The van der Waals surface area contributed by atoms with E-state index in [-0.39, 0.29) is 12.1 Å². The highest BCUT2D eigenvalue weighted by atomic mass is 35.5. The molecule has 1 atom stereocenters. The van der Waals surface area contributed by atoms with Crippen molar-refractivity contribution in [3.8, 4) is 5.69 Å². The lowest BCUT2D eigenvalue weighted by molar-refractivity contribution is -0.118. The van der Waals surface area contributed by atoms with Gasteiger partial charge < -0.3 is 15.5 Å². The highest BCUT2D eigenvalue weighted by molar-refractivity contribution is 6.30. The number of carbonyl (C=O) groups is 2. The molecule has 8 nitrogen and oxygen atoms in total. The van der Waals surface area contributed by atoms with E-state index in [0.29, 0.717) is 27.7 Å². The Balaban J connectivity index is 1.55. The molecule has 1 fully saturated rings. The van der Waals surface area contributed by atoms with Crippen LogP contribution < -0.4 is 16.2 Å². The predicted octanol–water partition coefficient (Wildman–Crippen LogP) is 4.80. The molecule has 3 amide bonds. The van der Waals surface area contributed by atoms with E-state index in [2.05, 4.69) is 22.2 Å². The number of likely N-dealkylation sites (tertiary alicyclic amines) is 1. The summed E-state index contributed by atoms with van der Waals surface area (Å²) in [5.41, 5.74) is 2.76. The van der Waals surface area contributed by atoms with E-state index in [1.54, 1.807) is 54.7 Å². The van der Waals surface area contributed by atoms with E-state index in [0.717, 1.165) is 5.57 Å². The van der Waals surface area contributed by atoms with Crippen LogP contribution in [0.15, 0.2) is 108 Å². The minimum absolute atomic E-state index is 0.227. The van der Waals surface area contributed by atoms with Gasteiger partial charge in [0.05, 0.1) is 6.20 Å². The molecule has 9 heteroatoms. The minimum Gasteiger partial charge on any atom is -0.324 e. The van der Waals surface area contributed by atoms with Crippen LogP contribution in [-0.4, -0.2) is 39.0 Å². The maximum absolute atomic E-state index is 13.3. The first-order chi connectivity index (χ1) is 17.4. The molecule has 2 N–H and O–H groups in total. The average molecular weight is 502 g/mol. The van der Waals surface area contributed by atoms with Crippen LogP contribution in [0.5, 0.6) is 0 Å². The van der Waals surface area contributed by atoms with Crippen molar-refractivity contribution in [2.75, 3.05) is 17.2 Å². The number of anilines is 2. The molecule has 1 saturated heterocycles. The van der Waals surface area contributed by atoms with Gasteiger partial charge in [-0.25, -0.2) is 4.79 Å². The van der Waals surface area contributed by atoms with Crippen molar-refractivity contribution in [1.29, 1.82) is 0 Å². The van der Waals surface area contributed by atoms with Crippen LogP contribution in [-0.2, 0) is 4.79 Å². The highest BCUT2D eigenvalue weighted by Crippen LogP contribution is 2.30. The van der Waals surface area contributed by atoms with Gasteiger partial charge in [0, 0.05) is 41.0 Å². The Hall–Kier alpha value is -4.43. The Morgan fingerprint density at radius 3 is 2.42 bits per heavy atom. The monoisotopic (exact) mass is 501 g/mol. The number of aromatic nitrogens is 2. The molecule has 36 heavy (non-hydrogen) atoms. The first kappa shape index (κ1) is 24.7. The van der Waals surface area contributed by atoms with Crippen molar-refractivity contribution >= 4 is 34.9 Å². The van der Waals surface area contributed by atoms with Crippen LogP contribution in [0.1, 0.15) is 6.92 Å². The summed E-state index contributed by atoms with van der Waals surface area (Å²) in [6.07, 6.45) is 9.86. The van der Waals surface area contributed by atoms with E-state index in [1.165, 1.54) is 21.9 Å². The lowest BCUT2D eigenvalue weighted by Crippen LogP contribution is -2.45. The zero-order valence-corrected chi connectivity index (χ0v) is 20.3. The molecule has 1 aromatic heterocycles. The number of halogens is 1. The third-order valence-corrected chi connectivity index (χ3v) is 5.88. The molecule has 2 heterocycles. The number of nitrogens with zero attached hydrogens (tertiary/aromatic N) is 3. The zero-order valence-electron chi connectivity index (χ0n) is 19.5. The van der Waals surface area contributed by atoms with E-state index >= 15 is 0 Å². The smallest absolute Gasteiger partial charge is 0.323 e. The van der Waals surface area contributed by atoms with Gasteiger partial charge >= 0.3 is 6.03 Å². The fourth-order valence-corrected chi connectivity index (χ4v) is 3.93. The number of urea groups is 1. The Labute approximate surface area is 213 Å². The summed E-state index contributed by atoms with van der Waals surface area (Å²) in [4.78, 5) is 43.7. The van der Waals surface area contributed by atoms with Crippen LogP contribution >= 0.6 is 11.6 Å². The number of hydrogen-bond donors (Lipinski definition) is 2. The van der Waals surface area contributed by atoms with Gasteiger partial charge in [0.15, 0.2) is 0 Å². The maximum Gasteiger partial charge on any atom is 0.323 e. The summed E-state index contributed by atoms with van der Waals surface area (Å²) in [7, 11) is 0. The molecule has 3 aromatic rings. The Kier molecular flexibility index (Phi) is 7.46. The Morgan fingerprint density at radius 2 is 1.75 bits per heavy atom. The molecule has 0 saturated carbocycles. The predicted molar refractivity (Wildman–Crippen MR) is 141 cm³/mol. The van der Waals surface area contributed by atoms with E-state index in [1.807, 2.05) is 25.2 Å². The van der Waals surface area contributed by atoms with Crippen molar-refractivity contribution in [2.45, 2.75) is 13.0 Å². The third-order valence-electron chi connectivity index (χ3n) is 5.63. The lowest BCUT2D eigenvalue weighted by Gasteiger charge is -2.24. The molecular formula is C27H24ClN5O3. The summed E-state index contributed by atoms with van der Waals surface area (Å²) >= 11 is 5.93. The summed E-state index contributed by atoms with van der Waals surface area (Å²) in [6, 6.07) is 12.2. The van der Waals surface area contributed by atoms with E-state index < -0.39 is 18.0 Å². The zero-order chi connectivity index (χ0) is 25.7. The largest absolute Gasteiger partial charge is 0.324 e. The molecule has 2 aromatic carbocycles. The quantitative estimate of drug-likeness (QED) is 0.525. The van der Waals surface area contributed by atoms with Crippen molar-refractivity contribution in [3.63, 3.8) is 0 Å². The van der Waals surface area contributed by atoms with Crippen LogP contribution in [0, 0.1) is 0 Å². The van der Waals surface area contributed by atoms with Gasteiger partial charge in [0.1, 0.15) is 6.04 Å². The Morgan fingerprint density at radius 1 is 1.08 bits per heavy atom. The van der Waals surface area contributed by atoms with Crippen molar-refractivity contribution < 1.29 is 9.59 Å². The normalized spacial score (nSPS) is 16.5. The molecule has 0 bridgehead atoms. The number of benzene rings is 2. The number of hydrogen-bond acceptors (Lipinski definition) is 4. The first-order valence-corrected chi connectivity index (χ1v) is 11.5. The topological polar surface area (TPSA) is 96.3 Å². The number of rotatable bonds is 5. The molecular weight excluding hydrogens is 478 g/mol. The Bertz CT molecular complexity index is 1410. The summed E-state index contributed by atoms with van der Waals surface area (Å²) in [5, 5.41) is 6.22. The molecule has 1 aliphatic rings. The second kappa shape index (κ2) is 10.9. The molecule has 0 radical (unpaired) electrons. The fourth-order valence-electron chi connectivity index (χ4n) is 3.81. The molecule has 4 rings (SSSR count). The summed E-state index contributed by atoms with van der Waals surface area (Å²) < 4.78 is 1.44. The maximum atomic E-state index is 13.3. The highest BCUT2D eigenvalue weighted by Gasteiger charge is 2.39. The molecule has 1 aliphatic heterocycles. The van der Waals surface area contributed by atoms with Crippen LogP contribution in [0.4, 0.5) is 16.2 Å². The van der Waals surface area contributed by atoms with Gasteiger partial charge in [-0.2, -0.15) is 0 Å². The standard InChI is InChI=1S/C27H24ClN5O3/c1-3-4-5-19-17-33(27(36)31-22-8-6-20(28)7-9-22)25(18(19)2)26(35)30-21-10-12-23(13-11-21)32-15-14-29-16-24(32)34/h3-16,25H,2,17H2,1H3,(H,30,35)(H,31,36)/b4-3-,19-5-/t25-/m1/s1. The number of amides is 3. The number of allylic oxidation sites excluding steroid dienone is 3. The third kappa shape index (κ3) is 5.45. The van der Waals surface area contributed by atoms with Gasteiger partial charge in [-0.15, -0.1) is 0 Å². The molecule has 0 unspecified atom stereocenters. The van der Waals surface area contributed by atoms with Gasteiger partial charge in [-0.3, -0.25) is 19.1 Å². The fraction of sp³-hybridized carbons (Fsp3) is 0.111. The first-order valence-electron chi connectivity index (χ1n) is 11.2. The summed E-state index contributed by atoms with van der Waals surface area (Å²) in [6.45, 7) is 6.21. The van der Waals surface area contributed by atoms with Crippen molar-refractivity contribution in [3.05, 3.63) is 118 Å². The molecule has 0 aliphatic carbocycles. The number of nitrogens with one attached hydrogen (secondary N) is 2. The van der Waals surface area contributed by atoms with Gasteiger partial charge in [-0.05, 0) is 66.6 Å². The van der Waals surface area contributed by atoms with E-state index in [9.17, 15) is 14.4 Å². The second-order valence-corrected chi connectivity index (χ2v) is 8.47. The lowest BCUT2D eigenvalue weighted by atomic mass is 10.0. The molecule has 0 spiro atoms. The average Bonchev–Trinajstić information content (AvgIpc) is 3.21. The van der Waals surface area contributed by atoms with Crippen LogP contribution in [0.2, 0.25) is 5.02 Å². The SMILES string of the molecule is C=C1/C(=C\C=C/C)CN(C(=O)Nc2ccc(Cl)cc2)[C@H]1C(=O)Nc1ccc(-n2ccncc2=O)cc1. The molecule has 182 valence electrons. The van der Waals surface area contributed by atoms with Gasteiger partial charge in [-0.1, -0.05) is 36.4 Å². The van der Waals surface area contributed by atoms with Gasteiger partial charge in [0.25, 0.3) is 11.5 Å².